The minimum atomic E-state index is -0.0116. The molecule has 2 nitrogen and oxygen atoms in total. The van der Waals surface area contributed by atoms with Crippen molar-refractivity contribution in [3.63, 3.8) is 0 Å². The fourth-order valence-corrected chi connectivity index (χ4v) is 0.607. The first-order chi connectivity index (χ1) is 3.70. The molecule has 0 spiro atoms. The monoisotopic (exact) mass is 118 g/mol. The average molecular weight is 118 g/mol. The molecule has 0 bridgehead atoms. The molecule has 0 radical (unpaired) electrons. The van der Waals surface area contributed by atoms with Crippen LogP contribution in [0.1, 0.15) is 11.5 Å². The minimum Gasteiger partial charge on any atom is -0.870 e. The van der Waals surface area contributed by atoms with Gasteiger partial charge in [0.1, 0.15) is 0 Å². The first kappa shape index (κ1) is 8.68. The van der Waals surface area contributed by atoms with Crippen molar-refractivity contribution in [1.29, 1.82) is 0 Å². The average Bonchev–Trinajstić information content (AvgIpc) is 1.85. The summed E-state index contributed by atoms with van der Waals surface area (Å²) in [5.41, 5.74) is 0. The summed E-state index contributed by atoms with van der Waals surface area (Å²) in [6, 6.07) is 1.48. The molecular weight excluding hydrogens is 111 g/mol. The van der Waals surface area contributed by atoms with Gasteiger partial charge in [0.15, 0.2) is 0 Å². The Hall–Kier alpha value is -0.323. The molecule has 3 heteroatoms. The molecule has 0 saturated carbocycles. The van der Waals surface area contributed by atoms with Crippen LogP contribution in [0.3, 0.4) is 0 Å². The molecule has 44 valence electrons. The fourth-order valence-electron chi connectivity index (χ4n) is 0.607. The summed E-state index contributed by atoms with van der Waals surface area (Å²) in [5, 5.41) is 10.5. The van der Waals surface area contributed by atoms with E-state index >= 15 is 0 Å². The molecule has 0 saturated heterocycles. The summed E-state index contributed by atoms with van der Waals surface area (Å²) in [4.78, 5) is 0. The van der Waals surface area contributed by atoms with Crippen molar-refractivity contribution in [2.24, 2.45) is 0 Å². The van der Waals surface area contributed by atoms with E-state index in [1.54, 1.807) is 13.8 Å². The predicted molar refractivity (Wildman–Crippen MR) is 27.6 cm³/mol. The second-order valence-electron chi connectivity index (χ2n) is 1.78. The molecule has 0 aliphatic heterocycles. The van der Waals surface area contributed by atoms with Gasteiger partial charge in [-0.3, -0.25) is 0 Å². The number of hydrogen-bond donors (Lipinski definition) is 0. The van der Waals surface area contributed by atoms with E-state index in [0.29, 0.717) is 11.5 Å². The van der Waals surface area contributed by atoms with E-state index in [4.69, 9.17) is 4.42 Å². The topological polar surface area (TPSA) is 36.2 Å². The van der Waals surface area contributed by atoms with Crippen LogP contribution in [-0.2, 0) is 0 Å². The Balaban J connectivity index is 0.000000640. The van der Waals surface area contributed by atoms with Gasteiger partial charge >= 0.3 is 18.9 Å². The number of rotatable bonds is 0. The molecular formula is C6H7LiO2. The van der Waals surface area contributed by atoms with E-state index < -0.39 is 0 Å². The van der Waals surface area contributed by atoms with Gasteiger partial charge in [0.25, 0.3) is 0 Å². The number of aryl methyl sites for hydroxylation is 2. The zero-order valence-electron chi connectivity index (χ0n) is 5.89. The largest absolute Gasteiger partial charge is 1.00 e. The van der Waals surface area contributed by atoms with Gasteiger partial charge in [-0.15, -0.1) is 0 Å². The van der Waals surface area contributed by atoms with Crippen molar-refractivity contribution in [3.8, 4) is 5.75 Å². The maximum Gasteiger partial charge on any atom is 1.00 e. The molecule has 1 aromatic rings. The molecule has 0 aromatic carbocycles. The first-order valence-corrected chi connectivity index (χ1v) is 2.44. The Morgan fingerprint density at radius 3 is 2.11 bits per heavy atom. The smallest absolute Gasteiger partial charge is 0.870 e. The van der Waals surface area contributed by atoms with E-state index in [0.717, 1.165) is 0 Å². The van der Waals surface area contributed by atoms with Gasteiger partial charge in [-0.25, -0.2) is 0 Å². The summed E-state index contributed by atoms with van der Waals surface area (Å²) < 4.78 is 4.90. The second-order valence-corrected chi connectivity index (χ2v) is 1.78. The SMILES string of the molecule is Cc1cc([O-])c(C)o1.[Li+]. The van der Waals surface area contributed by atoms with E-state index in [2.05, 4.69) is 0 Å². The Bertz CT molecular complexity index is 173. The van der Waals surface area contributed by atoms with Gasteiger partial charge in [-0.2, -0.15) is 0 Å². The van der Waals surface area contributed by atoms with Crippen molar-refractivity contribution in [2.45, 2.75) is 13.8 Å². The molecule has 0 atom stereocenters. The number of furan rings is 1. The van der Waals surface area contributed by atoms with Gasteiger partial charge in [0.05, 0.1) is 11.5 Å². The molecule has 0 aliphatic carbocycles. The molecule has 0 amide bonds. The van der Waals surface area contributed by atoms with Gasteiger partial charge in [0.2, 0.25) is 0 Å². The summed E-state index contributed by atoms with van der Waals surface area (Å²) in [6.07, 6.45) is 0. The zero-order valence-corrected chi connectivity index (χ0v) is 5.89. The minimum absolute atomic E-state index is 0. The molecule has 0 unspecified atom stereocenters. The second kappa shape index (κ2) is 3.00. The van der Waals surface area contributed by atoms with Crippen molar-refractivity contribution < 1.29 is 28.4 Å². The summed E-state index contributed by atoms with van der Waals surface area (Å²) in [7, 11) is 0. The molecule has 1 aromatic heterocycles. The van der Waals surface area contributed by atoms with Crippen molar-refractivity contribution in [1.82, 2.24) is 0 Å². The van der Waals surface area contributed by atoms with Crippen molar-refractivity contribution in [2.75, 3.05) is 0 Å². The first-order valence-electron chi connectivity index (χ1n) is 2.44. The van der Waals surface area contributed by atoms with Crippen LogP contribution < -0.4 is 24.0 Å². The molecule has 0 N–H and O–H groups in total. The maximum atomic E-state index is 10.5. The van der Waals surface area contributed by atoms with Crippen LogP contribution in [0.5, 0.6) is 5.75 Å². The summed E-state index contributed by atoms with van der Waals surface area (Å²) in [6.45, 7) is 3.42. The molecule has 9 heavy (non-hydrogen) atoms. The van der Waals surface area contributed by atoms with E-state index in [1.807, 2.05) is 0 Å². The van der Waals surface area contributed by atoms with Crippen LogP contribution in [0, 0.1) is 13.8 Å². The van der Waals surface area contributed by atoms with Gasteiger partial charge in [-0.05, 0) is 19.9 Å². The molecule has 0 fully saturated rings. The fraction of sp³-hybridized carbons (Fsp3) is 0.333. The summed E-state index contributed by atoms with van der Waals surface area (Å²) >= 11 is 0. The van der Waals surface area contributed by atoms with Crippen LogP contribution in [-0.4, -0.2) is 0 Å². The standard InChI is InChI=1S/C6H8O2.Li/c1-4-3-6(7)5(2)8-4;/h3,7H,1-2H3;/q;+1/p-1. The van der Waals surface area contributed by atoms with E-state index in [1.165, 1.54) is 6.07 Å². The van der Waals surface area contributed by atoms with Crippen LogP contribution >= 0.6 is 0 Å². The maximum absolute atomic E-state index is 10.5. The Kier molecular flexibility index (Phi) is 2.89. The van der Waals surface area contributed by atoms with Gasteiger partial charge in [0, 0.05) is 0 Å². The predicted octanol–water partition coefficient (Wildman–Crippen LogP) is -2.03. The third kappa shape index (κ3) is 1.81. The third-order valence-electron chi connectivity index (χ3n) is 0.995. The Labute approximate surface area is 66.0 Å². The Morgan fingerprint density at radius 2 is 2.00 bits per heavy atom. The van der Waals surface area contributed by atoms with E-state index in [-0.39, 0.29) is 24.6 Å². The van der Waals surface area contributed by atoms with Gasteiger partial charge in [-0.1, -0.05) is 5.75 Å². The van der Waals surface area contributed by atoms with Crippen molar-refractivity contribution in [3.05, 3.63) is 17.6 Å². The normalized spacial score (nSPS) is 8.67. The number of hydrogen-bond acceptors (Lipinski definition) is 2. The molecule has 1 heterocycles. The van der Waals surface area contributed by atoms with Gasteiger partial charge < -0.3 is 9.52 Å². The summed E-state index contributed by atoms with van der Waals surface area (Å²) in [5.74, 6) is 1.15. The van der Waals surface area contributed by atoms with Crippen LogP contribution in [0.15, 0.2) is 10.5 Å². The molecule has 1 rings (SSSR count). The third-order valence-corrected chi connectivity index (χ3v) is 0.995. The Morgan fingerprint density at radius 1 is 1.44 bits per heavy atom. The van der Waals surface area contributed by atoms with Crippen LogP contribution in [0.25, 0.3) is 0 Å². The zero-order chi connectivity index (χ0) is 6.15. The molecule has 0 aliphatic rings. The quantitative estimate of drug-likeness (QED) is 0.368. The van der Waals surface area contributed by atoms with E-state index in [9.17, 15) is 5.11 Å². The van der Waals surface area contributed by atoms with Crippen LogP contribution in [0.4, 0.5) is 0 Å². The van der Waals surface area contributed by atoms with Crippen molar-refractivity contribution >= 4 is 0 Å². The van der Waals surface area contributed by atoms with Crippen LogP contribution in [0.2, 0.25) is 0 Å².